The number of piperidine rings is 1. The third-order valence-electron chi connectivity index (χ3n) is 5.21. The molecule has 0 radical (unpaired) electrons. The van der Waals surface area contributed by atoms with Crippen molar-refractivity contribution < 1.29 is 9.90 Å². The highest BCUT2D eigenvalue weighted by Crippen LogP contribution is 2.19. The standard InChI is InChI=1S/C20H29N3O2/c24-15-17-11-12-23(13-16-7-3-1-4-8-16)14-19(17)22-20(25)21-18-9-5-2-6-10-18/h1,3-5,7-9,17-19,24H,2,6,10-15H2,(H2,21,22,25). The number of benzene rings is 1. The van der Waals surface area contributed by atoms with Gasteiger partial charge in [-0.25, -0.2) is 4.79 Å². The highest BCUT2D eigenvalue weighted by molar-refractivity contribution is 5.75. The Labute approximate surface area is 150 Å². The second kappa shape index (κ2) is 9.02. The van der Waals surface area contributed by atoms with Gasteiger partial charge in [-0.2, -0.15) is 0 Å². The Balaban J connectivity index is 1.54. The lowest BCUT2D eigenvalue weighted by Gasteiger charge is -2.38. The molecule has 3 unspecified atom stereocenters. The van der Waals surface area contributed by atoms with E-state index in [1.807, 2.05) is 6.07 Å². The molecule has 2 aliphatic rings. The number of aliphatic hydroxyl groups excluding tert-OH is 1. The van der Waals surface area contributed by atoms with E-state index in [4.69, 9.17) is 0 Å². The molecule has 1 aromatic rings. The zero-order valence-corrected chi connectivity index (χ0v) is 14.7. The first-order valence-electron chi connectivity index (χ1n) is 9.35. The molecule has 3 rings (SSSR count). The second-order valence-electron chi connectivity index (χ2n) is 7.14. The van der Waals surface area contributed by atoms with Crippen LogP contribution >= 0.6 is 0 Å². The van der Waals surface area contributed by atoms with E-state index in [1.54, 1.807) is 0 Å². The predicted octanol–water partition coefficient (Wildman–Crippen LogP) is 2.28. The van der Waals surface area contributed by atoms with Crippen LogP contribution in [0.4, 0.5) is 4.79 Å². The number of rotatable bonds is 5. The van der Waals surface area contributed by atoms with Crippen LogP contribution in [-0.4, -0.2) is 47.8 Å². The number of nitrogens with one attached hydrogen (secondary N) is 2. The molecule has 0 saturated carbocycles. The molecule has 1 aromatic carbocycles. The predicted molar refractivity (Wildman–Crippen MR) is 99.1 cm³/mol. The van der Waals surface area contributed by atoms with Crippen molar-refractivity contribution in [1.82, 2.24) is 15.5 Å². The van der Waals surface area contributed by atoms with Crippen molar-refractivity contribution in [2.24, 2.45) is 5.92 Å². The van der Waals surface area contributed by atoms with Gasteiger partial charge in [0, 0.05) is 37.7 Å². The Kier molecular flexibility index (Phi) is 6.48. The summed E-state index contributed by atoms with van der Waals surface area (Å²) in [6, 6.07) is 10.4. The number of likely N-dealkylation sites (tertiary alicyclic amines) is 1. The SMILES string of the molecule is O=C(NC1C=CCCC1)NC1CN(Cc2ccccc2)CCC1CO. The van der Waals surface area contributed by atoms with Crippen LogP contribution in [0.5, 0.6) is 0 Å². The minimum Gasteiger partial charge on any atom is -0.396 e. The van der Waals surface area contributed by atoms with Gasteiger partial charge in [0.2, 0.25) is 0 Å². The number of allylic oxidation sites excluding steroid dienone is 1. The largest absolute Gasteiger partial charge is 0.396 e. The van der Waals surface area contributed by atoms with Gasteiger partial charge in [0.05, 0.1) is 0 Å². The summed E-state index contributed by atoms with van der Waals surface area (Å²) < 4.78 is 0. The Bertz CT molecular complexity index is 576. The number of carbonyl (C=O) groups excluding carboxylic acids is 1. The number of amides is 2. The lowest BCUT2D eigenvalue weighted by atomic mass is 9.92. The molecule has 1 aliphatic heterocycles. The number of aliphatic hydroxyl groups is 1. The van der Waals surface area contributed by atoms with Crippen molar-refractivity contribution in [2.75, 3.05) is 19.7 Å². The molecule has 5 heteroatoms. The Morgan fingerprint density at radius 3 is 2.76 bits per heavy atom. The van der Waals surface area contributed by atoms with Crippen LogP contribution in [0.3, 0.4) is 0 Å². The fourth-order valence-corrected chi connectivity index (χ4v) is 3.75. The van der Waals surface area contributed by atoms with E-state index in [-0.39, 0.29) is 30.6 Å². The summed E-state index contributed by atoms with van der Waals surface area (Å²) in [5.74, 6) is 0.125. The third kappa shape index (κ3) is 5.31. The smallest absolute Gasteiger partial charge is 0.315 e. The average Bonchev–Trinajstić information content (AvgIpc) is 2.63. The van der Waals surface area contributed by atoms with E-state index in [0.29, 0.717) is 0 Å². The maximum atomic E-state index is 12.3. The fraction of sp³-hybridized carbons (Fsp3) is 0.550. The Morgan fingerprint density at radius 1 is 1.20 bits per heavy atom. The first-order valence-corrected chi connectivity index (χ1v) is 9.35. The normalized spacial score (nSPS) is 27.0. The minimum absolute atomic E-state index is 0.0185. The number of urea groups is 1. The topological polar surface area (TPSA) is 64.6 Å². The van der Waals surface area contributed by atoms with Gasteiger partial charge in [-0.3, -0.25) is 4.90 Å². The summed E-state index contributed by atoms with van der Waals surface area (Å²) in [6.07, 6.45) is 8.33. The number of hydrogen-bond acceptors (Lipinski definition) is 3. The molecule has 5 nitrogen and oxygen atoms in total. The molecule has 2 amide bonds. The quantitative estimate of drug-likeness (QED) is 0.719. The van der Waals surface area contributed by atoms with Crippen LogP contribution in [-0.2, 0) is 6.54 Å². The van der Waals surface area contributed by atoms with Crippen LogP contribution in [0.15, 0.2) is 42.5 Å². The van der Waals surface area contributed by atoms with Gasteiger partial charge in [0.1, 0.15) is 0 Å². The molecule has 1 aliphatic carbocycles. The number of hydrogen-bond donors (Lipinski definition) is 3. The van der Waals surface area contributed by atoms with Crippen molar-refractivity contribution in [1.29, 1.82) is 0 Å². The van der Waals surface area contributed by atoms with Gasteiger partial charge >= 0.3 is 6.03 Å². The van der Waals surface area contributed by atoms with E-state index < -0.39 is 0 Å². The zero-order chi connectivity index (χ0) is 17.5. The summed E-state index contributed by atoms with van der Waals surface area (Å²) in [5, 5.41) is 15.8. The molecule has 3 N–H and O–H groups in total. The van der Waals surface area contributed by atoms with Crippen LogP contribution in [0, 0.1) is 5.92 Å². The second-order valence-corrected chi connectivity index (χ2v) is 7.14. The van der Waals surface area contributed by atoms with Crippen molar-refractivity contribution in [3.8, 4) is 0 Å². The molecule has 1 fully saturated rings. The average molecular weight is 343 g/mol. The summed E-state index contributed by atoms with van der Waals surface area (Å²) in [5.41, 5.74) is 1.28. The highest BCUT2D eigenvalue weighted by atomic mass is 16.3. The summed E-state index contributed by atoms with van der Waals surface area (Å²) in [4.78, 5) is 14.7. The fourth-order valence-electron chi connectivity index (χ4n) is 3.75. The van der Waals surface area contributed by atoms with Crippen molar-refractivity contribution in [2.45, 2.75) is 44.3 Å². The van der Waals surface area contributed by atoms with E-state index in [1.165, 1.54) is 5.56 Å². The minimum atomic E-state index is -0.124. The number of nitrogens with zero attached hydrogens (tertiary/aromatic N) is 1. The molecule has 0 spiro atoms. The maximum absolute atomic E-state index is 12.3. The van der Waals surface area contributed by atoms with E-state index >= 15 is 0 Å². The summed E-state index contributed by atoms with van der Waals surface area (Å²) >= 11 is 0. The van der Waals surface area contributed by atoms with Gasteiger partial charge in [-0.15, -0.1) is 0 Å². The van der Waals surface area contributed by atoms with E-state index in [9.17, 15) is 9.90 Å². The van der Waals surface area contributed by atoms with Gasteiger partial charge in [-0.1, -0.05) is 42.5 Å². The van der Waals surface area contributed by atoms with Crippen LogP contribution in [0.2, 0.25) is 0 Å². The first-order chi connectivity index (χ1) is 12.2. The molecule has 0 bridgehead atoms. The summed E-state index contributed by atoms with van der Waals surface area (Å²) in [7, 11) is 0. The zero-order valence-electron chi connectivity index (χ0n) is 14.7. The molecule has 1 heterocycles. The maximum Gasteiger partial charge on any atom is 0.315 e. The third-order valence-corrected chi connectivity index (χ3v) is 5.21. The molecule has 1 saturated heterocycles. The highest BCUT2D eigenvalue weighted by Gasteiger charge is 2.30. The van der Waals surface area contributed by atoms with Crippen molar-refractivity contribution in [3.05, 3.63) is 48.0 Å². The first kappa shape index (κ1) is 18.0. The van der Waals surface area contributed by atoms with Crippen LogP contribution in [0.1, 0.15) is 31.2 Å². The molecule has 136 valence electrons. The molecular weight excluding hydrogens is 314 g/mol. The van der Waals surface area contributed by atoms with Crippen LogP contribution in [0.25, 0.3) is 0 Å². The lowest BCUT2D eigenvalue weighted by Crippen LogP contribution is -2.56. The van der Waals surface area contributed by atoms with E-state index in [2.05, 4.69) is 52.0 Å². The molecule has 25 heavy (non-hydrogen) atoms. The molecular formula is C20H29N3O2. The van der Waals surface area contributed by atoms with Gasteiger partial charge in [0.25, 0.3) is 0 Å². The summed E-state index contributed by atoms with van der Waals surface area (Å²) in [6.45, 7) is 2.72. The Morgan fingerprint density at radius 2 is 2.04 bits per heavy atom. The van der Waals surface area contributed by atoms with Gasteiger partial charge < -0.3 is 15.7 Å². The monoisotopic (exact) mass is 343 g/mol. The molecule has 0 aromatic heterocycles. The molecule has 3 atom stereocenters. The van der Waals surface area contributed by atoms with Gasteiger partial charge in [0.15, 0.2) is 0 Å². The number of carbonyl (C=O) groups is 1. The lowest BCUT2D eigenvalue weighted by molar-refractivity contribution is 0.0945. The van der Waals surface area contributed by atoms with E-state index in [0.717, 1.165) is 45.3 Å². The van der Waals surface area contributed by atoms with Crippen molar-refractivity contribution in [3.63, 3.8) is 0 Å². The Hall–Kier alpha value is -1.85. The van der Waals surface area contributed by atoms with Gasteiger partial charge in [-0.05, 0) is 37.8 Å². The van der Waals surface area contributed by atoms with Crippen molar-refractivity contribution >= 4 is 6.03 Å². The van der Waals surface area contributed by atoms with Crippen LogP contribution < -0.4 is 10.6 Å².